The monoisotopic (exact) mass is 365 g/mol. The van der Waals surface area contributed by atoms with Crippen LogP contribution in [0.1, 0.15) is 51.1 Å². The number of amides is 1. The highest BCUT2D eigenvalue weighted by molar-refractivity contribution is 6.32. The molecule has 1 heterocycles. The van der Waals surface area contributed by atoms with Crippen molar-refractivity contribution in [1.82, 2.24) is 16.2 Å². The maximum absolute atomic E-state index is 12.8. The largest absolute Gasteiger partial charge is 0.492 e. The van der Waals surface area contributed by atoms with Crippen molar-refractivity contribution in [2.24, 2.45) is 11.8 Å². The normalized spacial score (nSPS) is 29.4. The minimum atomic E-state index is -0.145. The molecule has 3 N–H and O–H groups in total. The van der Waals surface area contributed by atoms with Crippen molar-refractivity contribution < 1.29 is 9.53 Å². The van der Waals surface area contributed by atoms with E-state index in [4.69, 9.17) is 16.3 Å². The first kappa shape index (κ1) is 18.5. The van der Waals surface area contributed by atoms with E-state index < -0.39 is 0 Å². The highest BCUT2D eigenvalue weighted by Crippen LogP contribution is 2.32. The molecule has 0 aromatic heterocycles. The molecular weight excluding hydrogens is 338 g/mol. The Morgan fingerprint density at radius 3 is 2.76 bits per heavy atom. The Labute approximate surface area is 154 Å². The van der Waals surface area contributed by atoms with Gasteiger partial charge >= 0.3 is 0 Å². The summed E-state index contributed by atoms with van der Waals surface area (Å²) in [5.41, 5.74) is 7.33. The van der Waals surface area contributed by atoms with Crippen LogP contribution < -0.4 is 20.9 Å². The van der Waals surface area contributed by atoms with Gasteiger partial charge in [-0.25, -0.2) is 5.43 Å². The summed E-state index contributed by atoms with van der Waals surface area (Å²) < 4.78 is 5.49. The van der Waals surface area contributed by atoms with Gasteiger partial charge in [0.15, 0.2) is 0 Å². The third-order valence-corrected chi connectivity index (χ3v) is 5.59. The summed E-state index contributed by atoms with van der Waals surface area (Å²) in [4.78, 5) is 12.8. The maximum atomic E-state index is 12.8. The average molecular weight is 366 g/mol. The van der Waals surface area contributed by atoms with Crippen LogP contribution in [0.4, 0.5) is 0 Å². The zero-order valence-corrected chi connectivity index (χ0v) is 15.7. The number of carbonyl (C=O) groups is 1. The Bertz CT molecular complexity index is 602. The molecule has 3 rings (SSSR count). The van der Waals surface area contributed by atoms with Crippen LogP contribution >= 0.6 is 11.6 Å². The SMILES string of the molecule is CCOc1ccc(C2NNCC2C(=O)NC2CCC(C)CC2)cc1Cl. The zero-order chi connectivity index (χ0) is 17.8. The minimum Gasteiger partial charge on any atom is -0.492 e. The quantitative estimate of drug-likeness (QED) is 0.749. The molecular formula is C19H28ClN3O2. The predicted molar refractivity (Wildman–Crippen MR) is 99.6 cm³/mol. The van der Waals surface area contributed by atoms with Gasteiger partial charge in [0.2, 0.25) is 5.91 Å². The summed E-state index contributed by atoms with van der Waals surface area (Å²) in [6, 6.07) is 5.97. The van der Waals surface area contributed by atoms with Gasteiger partial charge < -0.3 is 10.1 Å². The second-order valence-corrected chi connectivity index (χ2v) is 7.60. The number of nitrogens with one attached hydrogen (secondary N) is 3. The molecule has 0 spiro atoms. The zero-order valence-electron chi connectivity index (χ0n) is 15.0. The molecule has 2 atom stereocenters. The summed E-state index contributed by atoms with van der Waals surface area (Å²) in [5.74, 6) is 1.43. The lowest BCUT2D eigenvalue weighted by atomic mass is 9.86. The average Bonchev–Trinajstić information content (AvgIpc) is 3.09. The molecule has 1 saturated heterocycles. The predicted octanol–water partition coefficient (Wildman–Crippen LogP) is 3.20. The van der Waals surface area contributed by atoms with E-state index in [0.29, 0.717) is 30.0 Å². The van der Waals surface area contributed by atoms with Gasteiger partial charge in [-0.3, -0.25) is 10.2 Å². The molecule has 0 radical (unpaired) electrons. The number of benzene rings is 1. The topological polar surface area (TPSA) is 62.4 Å². The van der Waals surface area contributed by atoms with Gasteiger partial charge in [0, 0.05) is 12.6 Å². The van der Waals surface area contributed by atoms with Gasteiger partial charge in [-0.15, -0.1) is 0 Å². The lowest BCUT2D eigenvalue weighted by Gasteiger charge is -2.28. The van der Waals surface area contributed by atoms with E-state index in [-0.39, 0.29) is 17.9 Å². The molecule has 1 amide bonds. The summed E-state index contributed by atoms with van der Waals surface area (Å²) in [5, 5.41) is 3.83. The first-order valence-corrected chi connectivity index (χ1v) is 9.67. The van der Waals surface area contributed by atoms with Gasteiger partial charge in [0.1, 0.15) is 5.75 Å². The molecule has 5 nitrogen and oxygen atoms in total. The minimum absolute atomic E-state index is 0.0873. The van der Waals surface area contributed by atoms with Crippen molar-refractivity contribution in [2.75, 3.05) is 13.2 Å². The standard InChI is InChI=1S/C19H28ClN3O2/c1-3-25-17-9-6-13(10-16(17)20)18-15(11-21-23-18)19(24)22-14-7-4-12(2)5-8-14/h6,9-10,12,14-15,18,21,23H,3-5,7-8,11H2,1-2H3,(H,22,24). The van der Waals surface area contributed by atoms with Crippen molar-refractivity contribution in [3.05, 3.63) is 28.8 Å². The van der Waals surface area contributed by atoms with Crippen LogP contribution in [0.5, 0.6) is 5.75 Å². The number of hydrogen-bond donors (Lipinski definition) is 3. The first-order chi connectivity index (χ1) is 12.1. The lowest BCUT2D eigenvalue weighted by Crippen LogP contribution is -2.42. The van der Waals surface area contributed by atoms with E-state index in [1.54, 1.807) is 0 Å². The third-order valence-electron chi connectivity index (χ3n) is 5.30. The Morgan fingerprint density at radius 2 is 2.08 bits per heavy atom. The van der Waals surface area contributed by atoms with Crippen LogP contribution in [0.3, 0.4) is 0 Å². The van der Waals surface area contributed by atoms with Crippen LogP contribution in [0.15, 0.2) is 18.2 Å². The van der Waals surface area contributed by atoms with Crippen molar-refractivity contribution in [1.29, 1.82) is 0 Å². The smallest absolute Gasteiger partial charge is 0.226 e. The molecule has 2 fully saturated rings. The third kappa shape index (κ3) is 4.46. The van der Waals surface area contributed by atoms with Gasteiger partial charge in [-0.05, 0) is 56.2 Å². The number of ether oxygens (including phenoxy) is 1. The Hall–Kier alpha value is -1.30. The molecule has 6 heteroatoms. The Balaban J connectivity index is 1.65. The lowest BCUT2D eigenvalue weighted by molar-refractivity contribution is -0.125. The van der Waals surface area contributed by atoms with Crippen LogP contribution in [0, 0.1) is 11.8 Å². The number of halogens is 1. The van der Waals surface area contributed by atoms with E-state index in [0.717, 1.165) is 24.3 Å². The van der Waals surface area contributed by atoms with Crippen molar-refractivity contribution in [3.8, 4) is 5.75 Å². The van der Waals surface area contributed by atoms with Crippen LogP contribution in [0.25, 0.3) is 0 Å². The highest BCUT2D eigenvalue weighted by Gasteiger charge is 2.35. The fourth-order valence-corrected chi connectivity index (χ4v) is 4.00. The van der Waals surface area contributed by atoms with E-state index in [2.05, 4.69) is 23.1 Å². The number of carbonyl (C=O) groups excluding carboxylic acids is 1. The Kier molecular flexibility index (Phi) is 6.20. The van der Waals surface area contributed by atoms with E-state index in [1.807, 2.05) is 25.1 Å². The van der Waals surface area contributed by atoms with Gasteiger partial charge in [0.25, 0.3) is 0 Å². The summed E-state index contributed by atoms with van der Waals surface area (Å²) in [6.45, 7) is 5.41. The van der Waals surface area contributed by atoms with Crippen LogP contribution in [-0.2, 0) is 4.79 Å². The molecule has 1 saturated carbocycles. The molecule has 1 aliphatic carbocycles. The second-order valence-electron chi connectivity index (χ2n) is 7.20. The molecule has 138 valence electrons. The summed E-state index contributed by atoms with van der Waals surface area (Å²) in [6.07, 6.45) is 4.56. The maximum Gasteiger partial charge on any atom is 0.226 e. The van der Waals surface area contributed by atoms with Crippen molar-refractivity contribution in [2.45, 2.75) is 51.6 Å². The van der Waals surface area contributed by atoms with Gasteiger partial charge in [-0.1, -0.05) is 24.6 Å². The molecule has 1 aromatic carbocycles. The Morgan fingerprint density at radius 1 is 1.32 bits per heavy atom. The molecule has 25 heavy (non-hydrogen) atoms. The van der Waals surface area contributed by atoms with Gasteiger partial charge in [-0.2, -0.15) is 0 Å². The first-order valence-electron chi connectivity index (χ1n) is 9.29. The molecule has 1 aliphatic heterocycles. The molecule has 0 bridgehead atoms. The number of rotatable bonds is 5. The number of hydrazine groups is 1. The molecule has 2 aliphatic rings. The van der Waals surface area contributed by atoms with Crippen molar-refractivity contribution in [3.63, 3.8) is 0 Å². The summed E-state index contributed by atoms with van der Waals surface area (Å²) >= 11 is 6.31. The summed E-state index contributed by atoms with van der Waals surface area (Å²) in [7, 11) is 0. The second kappa shape index (κ2) is 8.39. The fourth-order valence-electron chi connectivity index (χ4n) is 3.75. The van der Waals surface area contributed by atoms with E-state index in [1.165, 1.54) is 12.8 Å². The van der Waals surface area contributed by atoms with Crippen molar-refractivity contribution >= 4 is 17.5 Å². The van der Waals surface area contributed by atoms with Crippen LogP contribution in [0.2, 0.25) is 5.02 Å². The van der Waals surface area contributed by atoms with E-state index in [9.17, 15) is 4.79 Å². The van der Waals surface area contributed by atoms with Gasteiger partial charge in [0.05, 0.1) is 23.6 Å². The van der Waals surface area contributed by atoms with E-state index >= 15 is 0 Å². The molecule has 2 unspecified atom stereocenters. The fraction of sp³-hybridized carbons (Fsp3) is 0.632. The highest BCUT2D eigenvalue weighted by atomic mass is 35.5. The van der Waals surface area contributed by atoms with Crippen LogP contribution in [-0.4, -0.2) is 25.1 Å². The number of hydrogen-bond acceptors (Lipinski definition) is 4. The molecule has 1 aromatic rings.